The van der Waals surface area contributed by atoms with E-state index in [2.05, 4.69) is 10.3 Å². The van der Waals surface area contributed by atoms with Crippen LogP contribution in [0.5, 0.6) is 0 Å². The number of hydrogen-bond acceptors (Lipinski definition) is 7. The van der Waals surface area contributed by atoms with E-state index in [1.165, 1.54) is 12.3 Å². The van der Waals surface area contributed by atoms with Crippen LogP contribution in [0.4, 0.5) is 15.0 Å². The molecule has 146 valence electrons. The Morgan fingerprint density at radius 1 is 1.50 bits per heavy atom. The number of nitrogens with one attached hydrogen (secondary N) is 1. The van der Waals surface area contributed by atoms with Crippen LogP contribution >= 0.6 is 0 Å². The Balaban J connectivity index is 1.89. The van der Waals surface area contributed by atoms with Crippen molar-refractivity contribution in [3.8, 4) is 0 Å². The molecular formula is C16H24FN3O6. The zero-order chi connectivity index (χ0) is 19.3. The smallest absolute Gasteiger partial charge is 0.412 e. The molecule has 5 atom stereocenters. The van der Waals surface area contributed by atoms with Gasteiger partial charge in [-0.1, -0.05) is 6.92 Å². The van der Waals surface area contributed by atoms with E-state index in [-0.39, 0.29) is 12.4 Å². The Labute approximate surface area is 149 Å². The maximum absolute atomic E-state index is 13.0. The lowest BCUT2D eigenvalue weighted by molar-refractivity contribution is -0.0350. The maximum atomic E-state index is 13.0. The molecule has 1 unspecified atom stereocenters. The lowest BCUT2D eigenvalue weighted by Crippen LogP contribution is -2.35. The van der Waals surface area contributed by atoms with Gasteiger partial charge in [-0.15, -0.1) is 0 Å². The van der Waals surface area contributed by atoms with Crippen molar-refractivity contribution in [2.24, 2.45) is 0 Å². The van der Waals surface area contributed by atoms with Gasteiger partial charge in [-0.3, -0.25) is 9.88 Å². The van der Waals surface area contributed by atoms with Gasteiger partial charge in [-0.25, -0.2) is 14.0 Å². The normalized spacial score (nSPS) is 26.5. The molecule has 9 nitrogen and oxygen atoms in total. The van der Waals surface area contributed by atoms with Crippen LogP contribution in [0.2, 0.25) is 0 Å². The number of aliphatic hydroxyl groups is 2. The summed E-state index contributed by atoms with van der Waals surface area (Å²) in [7, 11) is 0. The summed E-state index contributed by atoms with van der Waals surface area (Å²) in [5, 5.41) is 21.9. The molecule has 1 aromatic heterocycles. The molecule has 0 radical (unpaired) electrons. The second-order valence-electron chi connectivity index (χ2n) is 6.12. The lowest BCUT2D eigenvalue weighted by Gasteiger charge is -2.17. The van der Waals surface area contributed by atoms with Crippen molar-refractivity contribution >= 4 is 11.9 Å². The summed E-state index contributed by atoms with van der Waals surface area (Å²) in [6.07, 6.45) is -3.37. The third-order valence-electron chi connectivity index (χ3n) is 4.15. The zero-order valence-corrected chi connectivity index (χ0v) is 14.7. The number of rotatable bonds is 7. The molecule has 0 aromatic carbocycles. The fraction of sp³-hybridized carbons (Fsp3) is 0.688. The Morgan fingerprint density at radius 3 is 2.81 bits per heavy atom. The van der Waals surface area contributed by atoms with E-state index in [1.54, 1.807) is 13.8 Å². The highest BCUT2D eigenvalue weighted by atomic mass is 19.1. The number of anilines is 1. The lowest BCUT2D eigenvalue weighted by atomic mass is 10.1. The van der Waals surface area contributed by atoms with Gasteiger partial charge in [0.1, 0.15) is 18.0 Å². The molecule has 2 rings (SSSR count). The molecule has 10 heteroatoms. The molecule has 1 fully saturated rings. The number of carbonyl (C=O) groups excluding carboxylic acids is 1. The van der Waals surface area contributed by atoms with E-state index in [4.69, 9.17) is 9.47 Å². The molecule has 0 saturated carbocycles. The van der Waals surface area contributed by atoms with Crippen molar-refractivity contribution in [1.82, 2.24) is 9.55 Å². The first kappa shape index (κ1) is 20.3. The van der Waals surface area contributed by atoms with Crippen LogP contribution in [0.15, 0.2) is 17.1 Å². The summed E-state index contributed by atoms with van der Waals surface area (Å²) in [4.78, 5) is 27.4. The second kappa shape index (κ2) is 9.06. The fourth-order valence-electron chi connectivity index (χ4n) is 2.55. The van der Waals surface area contributed by atoms with Gasteiger partial charge in [0, 0.05) is 6.20 Å². The summed E-state index contributed by atoms with van der Waals surface area (Å²) in [6, 6.07) is 1.34. The highest BCUT2D eigenvalue weighted by Crippen LogP contribution is 2.27. The summed E-state index contributed by atoms with van der Waals surface area (Å²) in [5.74, 6) is -0.0331. The molecular weight excluding hydrogens is 349 g/mol. The SMILES string of the molecule is CCC(F)CCCOC(=O)Nc1ccn([C@@H]2O[C@H](C)[C@@H](O)[C@H]2O)c(=O)n1. The first-order chi connectivity index (χ1) is 12.3. The molecule has 3 N–H and O–H groups in total. The molecule has 0 spiro atoms. The number of nitrogens with zero attached hydrogens (tertiary/aromatic N) is 2. The number of hydrogen-bond donors (Lipinski definition) is 3. The third-order valence-corrected chi connectivity index (χ3v) is 4.15. The molecule has 1 aliphatic heterocycles. The van der Waals surface area contributed by atoms with E-state index in [1.807, 2.05) is 0 Å². The largest absolute Gasteiger partial charge is 0.449 e. The van der Waals surface area contributed by atoms with Gasteiger partial charge < -0.3 is 19.7 Å². The summed E-state index contributed by atoms with van der Waals surface area (Å²) in [5.41, 5.74) is -0.767. The van der Waals surface area contributed by atoms with Crippen LogP contribution < -0.4 is 11.0 Å². The minimum absolute atomic E-state index is 0.0331. The molecule has 26 heavy (non-hydrogen) atoms. The van der Waals surface area contributed by atoms with E-state index >= 15 is 0 Å². The van der Waals surface area contributed by atoms with Crippen LogP contribution in [0.1, 0.15) is 39.3 Å². The third kappa shape index (κ3) is 4.99. The van der Waals surface area contributed by atoms with Crippen molar-refractivity contribution < 1.29 is 28.9 Å². The molecule has 1 amide bonds. The van der Waals surface area contributed by atoms with Gasteiger partial charge in [0.2, 0.25) is 0 Å². The summed E-state index contributed by atoms with van der Waals surface area (Å²) in [6.45, 7) is 3.37. The molecule has 0 bridgehead atoms. The molecule has 1 aromatic rings. The maximum Gasteiger partial charge on any atom is 0.412 e. The minimum atomic E-state index is -1.27. The summed E-state index contributed by atoms with van der Waals surface area (Å²) < 4.78 is 24.3. The van der Waals surface area contributed by atoms with Gasteiger partial charge in [0.15, 0.2) is 6.23 Å². The van der Waals surface area contributed by atoms with Crippen molar-refractivity contribution in [2.75, 3.05) is 11.9 Å². The van der Waals surface area contributed by atoms with Gasteiger partial charge in [-0.2, -0.15) is 4.98 Å². The Kier molecular flexibility index (Phi) is 7.06. The highest BCUT2D eigenvalue weighted by molar-refractivity contribution is 5.83. The molecule has 0 aliphatic carbocycles. The second-order valence-corrected chi connectivity index (χ2v) is 6.12. The first-order valence-corrected chi connectivity index (χ1v) is 8.52. The monoisotopic (exact) mass is 373 g/mol. The average Bonchev–Trinajstić information content (AvgIpc) is 2.86. The van der Waals surface area contributed by atoms with E-state index in [0.29, 0.717) is 19.3 Å². The van der Waals surface area contributed by atoms with Gasteiger partial charge >= 0.3 is 11.8 Å². The number of aromatic nitrogens is 2. The average molecular weight is 373 g/mol. The van der Waals surface area contributed by atoms with Crippen molar-refractivity contribution in [3.05, 3.63) is 22.7 Å². The number of halogens is 1. The van der Waals surface area contributed by atoms with Gasteiger partial charge in [-0.05, 0) is 32.3 Å². The number of aliphatic hydroxyl groups excluding tert-OH is 2. The van der Waals surface area contributed by atoms with Crippen LogP contribution in [0, 0.1) is 0 Å². The first-order valence-electron chi connectivity index (χ1n) is 8.52. The Morgan fingerprint density at radius 2 is 2.23 bits per heavy atom. The van der Waals surface area contributed by atoms with Gasteiger partial charge in [0.25, 0.3) is 0 Å². The molecule has 2 heterocycles. The van der Waals surface area contributed by atoms with Gasteiger partial charge in [0.05, 0.1) is 18.9 Å². The topological polar surface area (TPSA) is 123 Å². The van der Waals surface area contributed by atoms with Crippen LogP contribution in [0.3, 0.4) is 0 Å². The number of amides is 1. The van der Waals surface area contributed by atoms with E-state index in [9.17, 15) is 24.2 Å². The van der Waals surface area contributed by atoms with E-state index < -0.39 is 42.5 Å². The predicted molar refractivity (Wildman–Crippen MR) is 89.5 cm³/mol. The minimum Gasteiger partial charge on any atom is -0.449 e. The van der Waals surface area contributed by atoms with Crippen molar-refractivity contribution in [3.63, 3.8) is 0 Å². The quantitative estimate of drug-likeness (QED) is 0.608. The standard InChI is InChI=1S/C16H24FN3O6/c1-3-10(17)5-4-8-25-16(24)19-11-6-7-20(15(23)18-11)14-13(22)12(21)9(2)26-14/h6-7,9-10,12-14,21-22H,3-5,8H2,1-2H3,(H,18,19,23,24)/t9-,10?,12-,13-,14-/m1/s1. The highest BCUT2D eigenvalue weighted by Gasteiger charge is 2.41. The van der Waals surface area contributed by atoms with Crippen LogP contribution in [0.25, 0.3) is 0 Å². The number of carbonyl (C=O) groups is 1. The number of ether oxygens (including phenoxy) is 2. The fourth-order valence-corrected chi connectivity index (χ4v) is 2.55. The molecule has 1 aliphatic rings. The van der Waals surface area contributed by atoms with Crippen LogP contribution in [-0.2, 0) is 9.47 Å². The molecule has 1 saturated heterocycles. The Bertz CT molecular complexity index is 670. The van der Waals surface area contributed by atoms with Crippen LogP contribution in [-0.4, -0.2) is 56.9 Å². The predicted octanol–water partition coefficient (Wildman–Crippen LogP) is 0.959. The Hall–Kier alpha value is -2.04. The number of alkyl halides is 1. The summed E-state index contributed by atoms with van der Waals surface area (Å²) >= 11 is 0. The zero-order valence-electron chi connectivity index (χ0n) is 14.7. The van der Waals surface area contributed by atoms with Crippen molar-refractivity contribution in [1.29, 1.82) is 0 Å². The van der Waals surface area contributed by atoms with E-state index in [0.717, 1.165) is 4.57 Å². The van der Waals surface area contributed by atoms with Crippen molar-refractivity contribution in [2.45, 2.75) is 63.8 Å².